The molecule has 1 aliphatic heterocycles. The Bertz CT molecular complexity index is 399. The molecular formula is C12H21N3O5. The van der Waals surface area contributed by atoms with Crippen LogP contribution in [-0.4, -0.2) is 70.2 Å². The summed E-state index contributed by atoms with van der Waals surface area (Å²) in [4.78, 5) is 35.8. The number of nitrogens with zero attached hydrogens (tertiary/aromatic N) is 1. The van der Waals surface area contributed by atoms with Gasteiger partial charge in [0.25, 0.3) is 0 Å². The minimum atomic E-state index is -1.34. The molecule has 20 heavy (non-hydrogen) atoms. The molecule has 0 saturated carbocycles. The average Bonchev–Trinajstić information content (AvgIpc) is 2.62. The van der Waals surface area contributed by atoms with E-state index in [1.165, 1.54) is 6.92 Å². The fraction of sp³-hybridized carbons (Fsp3) is 0.750. The number of nitrogens with one attached hydrogen (secondary N) is 2. The van der Waals surface area contributed by atoms with Gasteiger partial charge in [-0.25, -0.2) is 0 Å². The molecule has 1 heterocycles. The third-order valence-electron chi connectivity index (χ3n) is 2.95. The van der Waals surface area contributed by atoms with Crippen molar-refractivity contribution >= 4 is 17.7 Å². The first kappa shape index (κ1) is 16.4. The molecule has 0 radical (unpaired) electrons. The second-order valence-electron chi connectivity index (χ2n) is 5.12. The van der Waals surface area contributed by atoms with Crippen LogP contribution < -0.4 is 10.6 Å². The van der Waals surface area contributed by atoms with E-state index in [1.807, 2.05) is 0 Å². The monoisotopic (exact) mass is 287 g/mol. The Morgan fingerprint density at radius 2 is 1.90 bits per heavy atom. The lowest BCUT2D eigenvalue weighted by Gasteiger charge is -2.26. The standard InChI is InChI=1S/C12H21N3O5/c1-6(2)14-12(20)10-11(19)8(17)5-15(10)9(18)4-13-7(3)16/h6,8,10-11,17,19H,4-5H2,1-3H3,(H,13,16)(H,14,20)/t8-,10?,11+/m0/s1. The first-order chi connectivity index (χ1) is 9.23. The molecule has 1 rings (SSSR count). The van der Waals surface area contributed by atoms with Gasteiger partial charge in [-0.3, -0.25) is 14.4 Å². The van der Waals surface area contributed by atoms with Crippen molar-refractivity contribution in [1.82, 2.24) is 15.5 Å². The predicted octanol–water partition coefficient (Wildman–Crippen LogP) is -2.42. The normalized spacial score (nSPS) is 25.7. The van der Waals surface area contributed by atoms with Crippen molar-refractivity contribution in [3.05, 3.63) is 0 Å². The zero-order valence-electron chi connectivity index (χ0n) is 11.8. The van der Waals surface area contributed by atoms with Gasteiger partial charge in [-0.05, 0) is 13.8 Å². The van der Waals surface area contributed by atoms with Crippen LogP contribution in [0.4, 0.5) is 0 Å². The van der Waals surface area contributed by atoms with Crippen LogP contribution in [-0.2, 0) is 14.4 Å². The molecule has 0 spiro atoms. The molecular weight excluding hydrogens is 266 g/mol. The van der Waals surface area contributed by atoms with E-state index in [9.17, 15) is 24.6 Å². The van der Waals surface area contributed by atoms with E-state index in [0.29, 0.717) is 0 Å². The number of hydrogen-bond acceptors (Lipinski definition) is 5. The number of carbonyl (C=O) groups excluding carboxylic acids is 3. The molecule has 8 nitrogen and oxygen atoms in total. The van der Waals surface area contributed by atoms with Gasteiger partial charge in [0.05, 0.1) is 19.2 Å². The van der Waals surface area contributed by atoms with Gasteiger partial charge in [-0.15, -0.1) is 0 Å². The Balaban J connectivity index is 2.78. The zero-order chi connectivity index (χ0) is 15.4. The first-order valence-corrected chi connectivity index (χ1v) is 6.44. The van der Waals surface area contributed by atoms with Crippen molar-refractivity contribution in [3.8, 4) is 0 Å². The van der Waals surface area contributed by atoms with Crippen molar-refractivity contribution in [1.29, 1.82) is 0 Å². The van der Waals surface area contributed by atoms with Crippen molar-refractivity contribution in [3.63, 3.8) is 0 Å². The molecule has 3 atom stereocenters. The van der Waals surface area contributed by atoms with Crippen molar-refractivity contribution in [2.75, 3.05) is 13.1 Å². The van der Waals surface area contributed by atoms with Crippen molar-refractivity contribution in [2.24, 2.45) is 0 Å². The Labute approximate surface area is 117 Å². The Morgan fingerprint density at radius 1 is 1.30 bits per heavy atom. The van der Waals surface area contributed by atoms with Crippen LogP contribution >= 0.6 is 0 Å². The smallest absolute Gasteiger partial charge is 0.245 e. The number of rotatable bonds is 4. The maximum absolute atomic E-state index is 12.0. The second-order valence-corrected chi connectivity index (χ2v) is 5.12. The predicted molar refractivity (Wildman–Crippen MR) is 69.5 cm³/mol. The highest BCUT2D eigenvalue weighted by atomic mass is 16.3. The minimum Gasteiger partial charge on any atom is -0.388 e. The van der Waals surface area contributed by atoms with Crippen LogP contribution in [0.5, 0.6) is 0 Å². The van der Waals surface area contributed by atoms with Crippen LogP contribution in [0.25, 0.3) is 0 Å². The van der Waals surface area contributed by atoms with E-state index in [-0.39, 0.29) is 25.0 Å². The number of aliphatic hydroxyl groups excluding tert-OH is 2. The van der Waals surface area contributed by atoms with Crippen LogP contribution in [0.1, 0.15) is 20.8 Å². The number of amides is 3. The fourth-order valence-electron chi connectivity index (χ4n) is 2.04. The van der Waals surface area contributed by atoms with E-state index < -0.39 is 30.1 Å². The van der Waals surface area contributed by atoms with E-state index in [1.54, 1.807) is 13.8 Å². The topological polar surface area (TPSA) is 119 Å². The van der Waals surface area contributed by atoms with Gasteiger partial charge >= 0.3 is 0 Å². The first-order valence-electron chi connectivity index (χ1n) is 6.44. The quantitative estimate of drug-likeness (QED) is 0.459. The molecule has 1 saturated heterocycles. The highest BCUT2D eigenvalue weighted by Gasteiger charge is 2.46. The molecule has 0 aromatic heterocycles. The van der Waals surface area contributed by atoms with Crippen LogP contribution in [0.2, 0.25) is 0 Å². The van der Waals surface area contributed by atoms with E-state index >= 15 is 0 Å². The van der Waals surface area contributed by atoms with E-state index in [2.05, 4.69) is 10.6 Å². The minimum absolute atomic E-state index is 0.143. The molecule has 114 valence electrons. The van der Waals surface area contributed by atoms with Gasteiger partial charge in [0, 0.05) is 13.0 Å². The van der Waals surface area contributed by atoms with Crippen LogP contribution in [0.3, 0.4) is 0 Å². The summed E-state index contributed by atoms with van der Waals surface area (Å²) in [6.45, 7) is 4.35. The van der Waals surface area contributed by atoms with Crippen molar-refractivity contribution < 1.29 is 24.6 Å². The highest BCUT2D eigenvalue weighted by Crippen LogP contribution is 2.19. The number of likely N-dealkylation sites (tertiary alicyclic amines) is 1. The lowest BCUT2D eigenvalue weighted by atomic mass is 10.1. The zero-order valence-corrected chi connectivity index (χ0v) is 11.8. The maximum Gasteiger partial charge on any atom is 0.245 e. The second kappa shape index (κ2) is 6.67. The lowest BCUT2D eigenvalue weighted by Crippen LogP contribution is -2.53. The molecule has 1 fully saturated rings. The summed E-state index contributed by atoms with van der Waals surface area (Å²) in [5, 5.41) is 24.4. The summed E-state index contributed by atoms with van der Waals surface area (Å²) in [6.07, 6.45) is -2.52. The van der Waals surface area contributed by atoms with Gasteiger partial charge in [0.15, 0.2) is 0 Å². The third-order valence-corrected chi connectivity index (χ3v) is 2.95. The summed E-state index contributed by atoms with van der Waals surface area (Å²) in [7, 11) is 0. The SMILES string of the molecule is CC(=O)NCC(=O)N1C[C@H](O)[C@@H](O)C1C(=O)NC(C)C. The summed E-state index contributed by atoms with van der Waals surface area (Å²) in [6, 6.07) is -1.30. The summed E-state index contributed by atoms with van der Waals surface area (Å²) in [5.41, 5.74) is 0. The lowest BCUT2D eigenvalue weighted by molar-refractivity contribution is -0.140. The molecule has 1 aliphatic rings. The molecule has 0 bridgehead atoms. The third kappa shape index (κ3) is 3.91. The average molecular weight is 287 g/mol. The number of β-amino-alcohol motifs (C(OH)–C–C–N with tert-alkyl or cyclic N) is 1. The fourth-order valence-corrected chi connectivity index (χ4v) is 2.04. The van der Waals surface area contributed by atoms with E-state index in [4.69, 9.17) is 0 Å². The van der Waals surface area contributed by atoms with Crippen LogP contribution in [0.15, 0.2) is 0 Å². The van der Waals surface area contributed by atoms with Gasteiger partial charge in [0.2, 0.25) is 17.7 Å². The summed E-state index contributed by atoms with van der Waals surface area (Å²) in [5.74, 6) is -1.43. The van der Waals surface area contributed by atoms with Gasteiger partial charge in [0.1, 0.15) is 12.1 Å². The molecule has 3 amide bonds. The summed E-state index contributed by atoms with van der Waals surface area (Å²) < 4.78 is 0. The van der Waals surface area contributed by atoms with Gasteiger partial charge in [-0.1, -0.05) is 0 Å². The summed E-state index contributed by atoms with van der Waals surface area (Å²) >= 11 is 0. The van der Waals surface area contributed by atoms with Gasteiger partial charge in [-0.2, -0.15) is 0 Å². The molecule has 8 heteroatoms. The Hall–Kier alpha value is -1.67. The molecule has 4 N–H and O–H groups in total. The molecule has 0 aromatic rings. The molecule has 0 aliphatic carbocycles. The van der Waals surface area contributed by atoms with Gasteiger partial charge < -0.3 is 25.7 Å². The Kier molecular flexibility index (Phi) is 5.46. The number of carbonyl (C=O) groups is 3. The molecule has 1 unspecified atom stereocenters. The maximum atomic E-state index is 12.0. The van der Waals surface area contributed by atoms with Crippen molar-refractivity contribution in [2.45, 2.75) is 45.1 Å². The molecule has 0 aromatic carbocycles. The highest BCUT2D eigenvalue weighted by molar-refractivity contribution is 5.91. The Morgan fingerprint density at radius 3 is 2.40 bits per heavy atom. The number of hydrogen-bond donors (Lipinski definition) is 4. The van der Waals surface area contributed by atoms with Crippen LogP contribution in [0, 0.1) is 0 Å². The largest absolute Gasteiger partial charge is 0.388 e. The number of aliphatic hydroxyl groups is 2. The van der Waals surface area contributed by atoms with E-state index in [0.717, 1.165) is 4.90 Å².